The van der Waals surface area contributed by atoms with E-state index in [9.17, 15) is 9.59 Å². The van der Waals surface area contributed by atoms with Crippen molar-refractivity contribution in [2.45, 2.75) is 50.3 Å². The lowest BCUT2D eigenvalue weighted by atomic mass is 10.1. The highest BCUT2D eigenvalue weighted by atomic mass is 79.9. The van der Waals surface area contributed by atoms with Crippen LogP contribution < -0.4 is 5.32 Å². The van der Waals surface area contributed by atoms with Crippen molar-refractivity contribution in [1.82, 2.24) is 0 Å². The number of fused-ring (bicyclic) bond motifs is 1. The molecule has 0 saturated carbocycles. The summed E-state index contributed by atoms with van der Waals surface area (Å²) in [4.78, 5) is 25.2. The van der Waals surface area contributed by atoms with Crippen LogP contribution in [0.5, 0.6) is 0 Å². The first-order valence-corrected chi connectivity index (χ1v) is 8.99. The maximum Gasteiger partial charge on any atom is 0.341 e. The lowest BCUT2D eigenvalue weighted by molar-refractivity contribution is -0.115. The van der Waals surface area contributed by atoms with Crippen molar-refractivity contribution >= 4 is 44.1 Å². The van der Waals surface area contributed by atoms with Crippen LogP contribution in [0.4, 0.5) is 5.00 Å². The molecule has 21 heavy (non-hydrogen) atoms. The zero-order valence-corrected chi connectivity index (χ0v) is 14.7. The molecule has 116 valence electrons. The minimum atomic E-state index is -0.354. The van der Waals surface area contributed by atoms with E-state index in [0.717, 1.165) is 31.2 Å². The van der Waals surface area contributed by atoms with Crippen LogP contribution >= 0.6 is 27.3 Å². The highest BCUT2D eigenvalue weighted by molar-refractivity contribution is 9.10. The molecule has 4 nitrogen and oxygen atoms in total. The van der Waals surface area contributed by atoms with Crippen LogP contribution in [0.1, 0.15) is 53.4 Å². The van der Waals surface area contributed by atoms with Crippen LogP contribution in [-0.4, -0.2) is 23.8 Å². The number of anilines is 1. The summed E-state index contributed by atoms with van der Waals surface area (Å²) in [6.45, 7) is 1.93. The van der Waals surface area contributed by atoms with E-state index in [2.05, 4.69) is 21.2 Å². The van der Waals surface area contributed by atoms with Gasteiger partial charge in [-0.2, -0.15) is 0 Å². The van der Waals surface area contributed by atoms with E-state index in [1.54, 1.807) is 0 Å². The molecule has 1 heterocycles. The number of methoxy groups -OCH3 is 1. The third-order valence-corrected chi connectivity index (χ3v) is 5.96. The van der Waals surface area contributed by atoms with Gasteiger partial charge in [0.25, 0.3) is 0 Å². The Morgan fingerprint density at radius 3 is 2.71 bits per heavy atom. The van der Waals surface area contributed by atoms with Gasteiger partial charge in [-0.05, 0) is 37.7 Å². The number of thiophene rings is 1. The Morgan fingerprint density at radius 2 is 2.05 bits per heavy atom. The maximum absolute atomic E-state index is 12.1. The average Bonchev–Trinajstić information content (AvgIpc) is 2.67. The Bertz CT molecular complexity index is 541. The maximum atomic E-state index is 12.1. The van der Waals surface area contributed by atoms with Gasteiger partial charge in [0.15, 0.2) is 0 Å². The van der Waals surface area contributed by atoms with Crippen LogP contribution in [0.3, 0.4) is 0 Å². The van der Waals surface area contributed by atoms with Gasteiger partial charge in [0.1, 0.15) is 5.00 Å². The van der Waals surface area contributed by atoms with E-state index in [0.29, 0.717) is 17.0 Å². The van der Waals surface area contributed by atoms with Crippen LogP contribution in [0.2, 0.25) is 0 Å². The van der Waals surface area contributed by atoms with Crippen molar-refractivity contribution in [2.75, 3.05) is 12.4 Å². The second kappa shape index (κ2) is 7.40. The van der Waals surface area contributed by atoms with Crippen LogP contribution in [-0.2, 0) is 22.4 Å². The number of rotatable bonds is 4. The Labute approximate surface area is 137 Å². The van der Waals surface area contributed by atoms with Gasteiger partial charge in [0.05, 0.1) is 17.5 Å². The second-order valence-electron chi connectivity index (χ2n) is 5.13. The molecule has 0 aliphatic heterocycles. The molecule has 6 heteroatoms. The number of ether oxygens (including phenoxy) is 1. The van der Waals surface area contributed by atoms with Crippen LogP contribution in [0, 0.1) is 0 Å². The Hall–Kier alpha value is -0.880. The van der Waals surface area contributed by atoms with E-state index in [4.69, 9.17) is 4.74 Å². The molecule has 0 bridgehead atoms. The van der Waals surface area contributed by atoms with Gasteiger partial charge in [-0.25, -0.2) is 4.79 Å². The quantitative estimate of drug-likeness (QED) is 0.494. The highest BCUT2D eigenvalue weighted by Gasteiger charge is 2.27. The molecule has 1 aromatic heterocycles. The van der Waals surface area contributed by atoms with Crippen molar-refractivity contribution in [1.29, 1.82) is 0 Å². The van der Waals surface area contributed by atoms with Crippen LogP contribution in [0.25, 0.3) is 0 Å². The number of hydrogen-bond donors (Lipinski definition) is 1. The van der Waals surface area contributed by atoms with E-state index in [1.807, 2.05) is 6.92 Å². The summed E-state index contributed by atoms with van der Waals surface area (Å²) in [6, 6.07) is 0. The topological polar surface area (TPSA) is 55.4 Å². The summed E-state index contributed by atoms with van der Waals surface area (Å²) < 4.78 is 4.92. The number of carbonyl (C=O) groups is 2. The number of halogens is 1. The molecule has 0 saturated heterocycles. The van der Waals surface area contributed by atoms with Crippen LogP contribution in [0.15, 0.2) is 0 Å². The zero-order valence-electron chi connectivity index (χ0n) is 12.3. The smallest absolute Gasteiger partial charge is 0.341 e. The number of esters is 1. The summed E-state index contributed by atoms with van der Waals surface area (Å²) in [5.74, 6) is -0.466. The summed E-state index contributed by atoms with van der Waals surface area (Å²) in [5.41, 5.74) is 1.63. The molecule has 1 N–H and O–H groups in total. The fourth-order valence-corrected chi connectivity index (χ4v) is 3.92. The molecule has 1 aliphatic carbocycles. The molecule has 0 aromatic carbocycles. The van der Waals surface area contributed by atoms with Gasteiger partial charge >= 0.3 is 5.97 Å². The lowest BCUT2D eigenvalue weighted by Crippen LogP contribution is -2.22. The minimum Gasteiger partial charge on any atom is -0.465 e. The molecular formula is C15H20BrNO3S. The lowest BCUT2D eigenvalue weighted by Gasteiger charge is -2.09. The predicted molar refractivity (Wildman–Crippen MR) is 88.6 cm³/mol. The third kappa shape index (κ3) is 3.66. The van der Waals surface area contributed by atoms with Gasteiger partial charge in [-0.3, -0.25) is 4.79 Å². The van der Waals surface area contributed by atoms with Gasteiger partial charge in [-0.15, -0.1) is 11.3 Å². The molecule has 1 atom stereocenters. The fourth-order valence-electron chi connectivity index (χ4n) is 2.52. The first kappa shape index (κ1) is 16.5. The van der Waals surface area contributed by atoms with Gasteiger partial charge in [-0.1, -0.05) is 29.3 Å². The minimum absolute atomic E-state index is 0.112. The van der Waals surface area contributed by atoms with Crippen molar-refractivity contribution in [3.63, 3.8) is 0 Å². The summed E-state index contributed by atoms with van der Waals surface area (Å²) in [7, 11) is 1.38. The number of aryl methyl sites for hydroxylation is 1. The normalized spacial score (nSPS) is 15.8. The largest absolute Gasteiger partial charge is 0.465 e. The number of amides is 1. The Balaban J connectivity index is 2.36. The van der Waals surface area contributed by atoms with E-state index in [1.165, 1.54) is 29.7 Å². The van der Waals surface area contributed by atoms with Crippen molar-refractivity contribution in [3.05, 3.63) is 16.0 Å². The third-order valence-electron chi connectivity index (χ3n) is 3.69. The molecule has 1 aromatic rings. The van der Waals surface area contributed by atoms with Gasteiger partial charge in [0, 0.05) is 4.88 Å². The van der Waals surface area contributed by atoms with Gasteiger partial charge < -0.3 is 10.1 Å². The molecular weight excluding hydrogens is 354 g/mol. The molecule has 2 rings (SSSR count). The van der Waals surface area contributed by atoms with E-state index >= 15 is 0 Å². The van der Waals surface area contributed by atoms with Gasteiger partial charge in [0.2, 0.25) is 5.91 Å². The van der Waals surface area contributed by atoms with Crippen molar-refractivity contribution in [2.24, 2.45) is 0 Å². The number of hydrogen-bond acceptors (Lipinski definition) is 4. The molecule has 0 spiro atoms. The Kier molecular flexibility index (Phi) is 5.81. The van der Waals surface area contributed by atoms with E-state index < -0.39 is 0 Å². The first-order chi connectivity index (χ1) is 10.1. The van der Waals surface area contributed by atoms with E-state index in [-0.39, 0.29) is 16.7 Å². The summed E-state index contributed by atoms with van der Waals surface area (Å²) in [5, 5.41) is 3.52. The zero-order chi connectivity index (χ0) is 15.4. The second-order valence-corrected chi connectivity index (χ2v) is 7.34. The number of alkyl halides is 1. The summed E-state index contributed by atoms with van der Waals surface area (Å²) >= 11 is 4.86. The summed E-state index contributed by atoms with van der Waals surface area (Å²) in [6.07, 6.45) is 5.96. The predicted octanol–water partition coefficient (Wildman–Crippen LogP) is 3.92. The molecule has 0 radical (unpaired) electrons. The molecule has 1 aliphatic rings. The monoisotopic (exact) mass is 373 g/mol. The molecule has 1 amide bonds. The number of nitrogens with one attached hydrogen (secondary N) is 1. The molecule has 0 fully saturated rings. The average molecular weight is 374 g/mol. The molecule has 1 unspecified atom stereocenters. The highest BCUT2D eigenvalue weighted by Crippen LogP contribution is 2.38. The standard InChI is InChI=1S/C15H20BrNO3S/c1-3-10(16)13(18)17-14-12(15(19)20-2)9-7-5-4-6-8-11(9)21-14/h10H,3-8H2,1-2H3,(H,17,18). The SMILES string of the molecule is CCC(Br)C(=O)Nc1sc2c(c1C(=O)OC)CCCCC2. The van der Waals surface area contributed by atoms with Crippen molar-refractivity contribution < 1.29 is 14.3 Å². The van der Waals surface area contributed by atoms with Crippen molar-refractivity contribution in [3.8, 4) is 0 Å². The fraction of sp³-hybridized carbons (Fsp3) is 0.600. The first-order valence-electron chi connectivity index (χ1n) is 7.26. The number of carbonyl (C=O) groups excluding carboxylic acids is 2. The Morgan fingerprint density at radius 1 is 1.33 bits per heavy atom.